The molecular weight excluding hydrogens is 683 g/mol. The van der Waals surface area contributed by atoms with E-state index >= 15 is 0 Å². The molecule has 0 atom stereocenters. The number of hydrogen-bond donors (Lipinski definition) is 0. The lowest BCUT2D eigenvalue weighted by Gasteiger charge is -2.17. The van der Waals surface area contributed by atoms with E-state index in [4.69, 9.17) is 6.57 Å². The molecule has 5 heteroatoms. The first kappa shape index (κ1) is 32.5. The van der Waals surface area contributed by atoms with Crippen molar-refractivity contribution in [2.24, 2.45) is 0 Å². The molecule has 0 spiro atoms. The molecule has 8 aromatic carbocycles. The predicted molar refractivity (Wildman–Crippen MR) is 227 cm³/mol. The van der Waals surface area contributed by atoms with Gasteiger partial charge in [-0.25, -0.2) is 4.85 Å². The van der Waals surface area contributed by atoms with Crippen LogP contribution >= 0.6 is 0 Å². The third-order valence-corrected chi connectivity index (χ3v) is 10.8. The summed E-state index contributed by atoms with van der Waals surface area (Å²) in [6, 6.07) is 64.6. The summed E-state index contributed by atoms with van der Waals surface area (Å²) >= 11 is 0. The van der Waals surface area contributed by atoms with Crippen molar-refractivity contribution in [2.75, 3.05) is 0 Å². The molecule has 0 amide bonds. The molecule has 0 saturated heterocycles. The van der Waals surface area contributed by atoms with Crippen LogP contribution in [0.4, 0.5) is 5.69 Å². The largest absolute Gasteiger partial charge is 0.309 e. The Kier molecular flexibility index (Phi) is 7.57. The molecule has 56 heavy (non-hydrogen) atoms. The number of para-hydroxylation sites is 3. The van der Waals surface area contributed by atoms with E-state index < -0.39 is 0 Å². The van der Waals surface area contributed by atoms with Gasteiger partial charge in [0.15, 0.2) is 5.69 Å². The van der Waals surface area contributed by atoms with Gasteiger partial charge in [0.2, 0.25) is 0 Å². The van der Waals surface area contributed by atoms with Gasteiger partial charge in [-0.2, -0.15) is 10.5 Å². The van der Waals surface area contributed by atoms with Gasteiger partial charge >= 0.3 is 0 Å². The molecule has 5 nitrogen and oxygen atoms in total. The molecule has 0 N–H and O–H groups in total. The third-order valence-electron chi connectivity index (χ3n) is 10.8. The first-order valence-electron chi connectivity index (χ1n) is 18.3. The molecule has 0 fully saturated rings. The Morgan fingerprint density at radius 2 is 0.929 bits per heavy atom. The highest BCUT2D eigenvalue weighted by Crippen LogP contribution is 2.42. The normalized spacial score (nSPS) is 11.2. The van der Waals surface area contributed by atoms with Crippen molar-refractivity contribution < 1.29 is 0 Å². The maximum absolute atomic E-state index is 9.85. The van der Waals surface area contributed by atoms with Crippen LogP contribution in [0.15, 0.2) is 176 Å². The summed E-state index contributed by atoms with van der Waals surface area (Å²) in [5.74, 6) is 0. The molecule has 258 valence electrons. The van der Waals surface area contributed by atoms with E-state index in [9.17, 15) is 10.5 Å². The number of fused-ring (bicyclic) bond motifs is 6. The van der Waals surface area contributed by atoms with Crippen molar-refractivity contribution in [3.05, 3.63) is 198 Å². The van der Waals surface area contributed by atoms with Crippen molar-refractivity contribution in [3.8, 4) is 56.9 Å². The van der Waals surface area contributed by atoms with E-state index in [0.29, 0.717) is 16.8 Å². The molecule has 0 aliphatic carbocycles. The molecule has 0 unspecified atom stereocenters. The highest BCUT2D eigenvalue weighted by Gasteiger charge is 2.19. The van der Waals surface area contributed by atoms with E-state index in [2.05, 4.69) is 123 Å². The number of aromatic nitrogens is 2. The highest BCUT2D eigenvalue weighted by molar-refractivity contribution is 6.12. The number of rotatable bonds is 5. The minimum atomic E-state index is 0.559. The Bertz CT molecular complexity index is 3270. The molecule has 10 rings (SSSR count). The smallest absolute Gasteiger partial charge is 0.194 e. The fourth-order valence-corrected chi connectivity index (χ4v) is 8.28. The standard InChI is InChI=1S/C51H29N5/c1-54-47-17-9-7-15-42(47)41-14-6-5-13-40(41)37-27-36(35-21-24-51-46(30-35)43-16-8-10-18-48(43)55(51)38-11-3-2-4-12-38)28-39(29-37)56-49-22-19-33(31-52)25-44(49)45-26-34(32-53)20-23-50(45)56/h2-30H. The van der Waals surface area contributed by atoms with Crippen LogP contribution in [0.5, 0.6) is 0 Å². The van der Waals surface area contributed by atoms with E-state index in [-0.39, 0.29) is 0 Å². The van der Waals surface area contributed by atoms with Crippen molar-refractivity contribution in [1.82, 2.24) is 9.13 Å². The summed E-state index contributed by atoms with van der Waals surface area (Å²) in [6.07, 6.45) is 0. The molecule has 0 aliphatic rings. The molecule has 10 aromatic rings. The summed E-state index contributed by atoms with van der Waals surface area (Å²) in [6.45, 7) is 7.96. The van der Waals surface area contributed by atoms with Gasteiger partial charge in [0.1, 0.15) is 0 Å². The Morgan fingerprint density at radius 3 is 1.62 bits per heavy atom. The lowest BCUT2D eigenvalue weighted by molar-refractivity contribution is 1.18. The predicted octanol–water partition coefficient (Wildman–Crippen LogP) is 13.2. The van der Waals surface area contributed by atoms with E-state index in [0.717, 1.165) is 83.0 Å². The van der Waals surface area contributed by atoms with Crippen LogP contribution in [0.25, 0.3) is 93.2 Å². The van der Waals surface area contributed by atoms with Gasteiger partial charge in [-0.15, -0.1) is 0 Å². The summed E-state index contributed by atoms with van der Waals surface area (Å²) in [5.41, 5.74) is 13.9. The second-order valence-corrected chi connectivity index (χ2v) is 13.9. The van der Waals surface area contributed by atoms with Gasteiger partial charge in [-0.1, -0.05) is 91.0 Å². The van der Waals surface area contributed by atoms with Crippen LogP contribution in [0.3, 0.4) is 0 Å². The van der Waals surface area contributed by atoms with Crippen LogP contribution in [-0.2, 0) is 0 Å². The van der Waals surface area contributed by atoms with Gasteiger partial charge in [0, 0.05) is 32.9 Å². The van der Waals surface area contributed by atoms with Crippen LogP contribution in [0, 0.1) is 29.2 Å². The third kappa shape index (κ3) is 5.14. The molecule has 0 bridgehead atoms. The van der Waals surface area contributed by atoms with Crippen molar-refractivity contribution in [3.63, 3.8) is 0 Å². The van der Waals surface area contributed by atoms with Crippen molar-refractivity contribution in [1.29, 1.82) is 10.5 Å². The average molecular weight is 712 g/mol. The second-order valence-electron chi connectivity index (χ2n) is 13.9. The van der Waals surface area contributed by atoms with Gasteiger partial charge in [0.25, 0.3) is 0 Å². The molecule has 0 radical (unpaired) electrons. The molecule has 2 aromatic heterocycles. The first-order chi connectivity index (χ1) is 27.6. The van der Waals surface area contributed by atoms with Gasteiger partial charge < -0.3 is 9.13 Å². The Labute approximate surface area is 323 Å². The van der Waals surface area contributed by atoms with Gasteiger partial charge in [0.05, 0.1) is 51.9 Å². The monoisotopic (exact) mass is 711 g/mol. The van der Waals surface area contributed by atoms with Crippen LogP contribution in [0.1, 0.15) is 11.1 Å². The topological polar surface area (TPSA) is 61.8 Å². The summed E-state index contributed by atoms with van der Waals surface area (Å²) in [4.78, 5) is 3.88. The van der Waals surface area contributed by atoms with Crippen LogP contribution in [0.2, 0.25) is 0 Å². The zero-order valence-electron chi connectivity index (χ0n) is 30.0. The number of nitrogens with zero attached hydrogens (tertiary/aromatic N) is 5. The van der Waals surface area contributed by atoms with Crippen molar-refractivity contribution >= 4 is 49.3 Å². The fraction of sp³-hybridized carbons (Fsp3) is 0. The molecular formula is C51H29N5. The zero-order chi connectivity index (χ0) is 37.8. The fourth-order valence-electron chi connectivity index (χ4n) is 8.28. The van der Waals surface area contributed by atoms with E-state index in [1.54, 1.807) is 0 Å². The minimum absolute atomic E-state index is 0.559. The number of hydrogen-bond acceptors (Lipinski definition) is 2. The quantitative estimate of drug-likeness (QED) is 0.167. The Morgan fingerprint density at radius 1 is 0.393 bits per heavy atom. The lowest BCUT2D eigenvalue weighted by Crippen LogP contribution is -1.97. The average Bonchev–Trinajstić information content (AvgIpc) is 3.78. The Hall–Kier alpha value is -8.17. The number of nitriles is 2. The lowest BCUT2D eigenvalue weighted by atomic mass is 9.91. The summed E-state index contributed by atoms with van der Waals surface area (Å²) in [7, 11) is 0. The first-order valence-corrected chi connectivity index (χ1v) is 18.3. The molecule has 0 aliphatic heterocycles. The highest BCUT2D eigenvalue weighted by atomic mass is 15.0. The zero-order valence-corrected chi connectivity index (χ0v) is 30.0. The van der Waals surface area contributed by atoms with Crippen molar-refractivity contribution in [2.45, 2.75) is 0 Å². The van der Waals surface area contributed by atoms with Crippen LogP contribution < -0.4 is 0 Å². The van der Waals surface area contributed by atoms with Crippen LogP contribution in [-0.4, -0.2) is 9.13 Å². The number of benzene rings is 8. The van der Waals surface area contributed by atoms with E-state index in [1.165, 1.54) is 5.39 Å². The van der Waals surface area contributed by atoms with Gasteiger partial charge in [-0.3, -0.25) is 0 Å². The van der Waals surface area contributed by atoms with Gasteiger partial charge in [-0.05, 0) is 118 Å². The Balaban J connectivity index is 1.27. The van der Waals surface area contributed by atoms with E-state index in [1.807, 2.05) is 78.9 Å². The summed E-state index contributed by atoms with van der Waals surface area (Å²) < 4.78 is 4.56. The molecule has 2 heterocycles. The SMILES string of the molecule is [C-]#[N+]c1ccccc1-c1ccccc1-c1cc(-c2ccc3c(c2)c2ccccc2n3-c2ccccc2)cc(-n2c3ccc(C#N)cc3c3cc(C#N)ccc32)c1. The summed E-state index contributed by atoms with van der Waals surface area (Å²) in [5, 5.41) is 23.9. The second kappa shape index (κ2) is 13.0. The maximum Gasteiger partial charge on any atom is 0.194 e. The molecule has 0 saturated carbocycles. The minimum Gasteiger partial charge on any atom is -0.309 e. The maximum atomic E-state index is 9.85.